The Morgan fingerprint density at radius 2 is 1.75 bits per heavy atom. The highest BCUT2D eigenvalue weighted by Crippen LogP contribution is 2.56. The van der Waals surface area contributed by atoms with E-state index in [9.17, 15) is 14.8 Å². The number of nitrogens with zero attached hydrogens (tertiary/aromatic N) is 3. The Labute approximate surface area is 217 Å². The first-order chi connectivity index (χ1) is 17.5. The molecule has 0 radical (unpaired) electrons. The van der Waals surface area contributed by atoms with Crippen molar-refractivity contribution in [3.63, 3.8) is 0 Å². The summed E-state index contributed by atoms with van der Waals surface area (Å²) in [5.41, 5.74) is 0. The largest absolute Gasteiger partial charge is 0.350 e. The van der Waals surface area contributed by atoms with Crippen molar-refractivity contribution >= 4 is 39.3 Å². The smallest absolute Gasteiger partial charge is 0.233 e. The molecule has 36 heavy (non-hydrogen) atoms. The van der Waals surface area contributed by atoms with Crippen LogP contribution in [0.3, 0.4) is 0 Å². The molecule has 0 spiro atoms. The molecule has 1 saturated heterocycles. The summed E-state index contributed by atoms with van der Waals surface area (Å²) < 4.78 is 5.88. The maximum atomic E-state index is 13.2. The number of likely N-dealkylation sites (tertiary alicyclic amines) is 1. The molecule has 7 atom stereocenters. The molecule has 2 heterocycles. The lowest BCUT2D eigenvalue weighted by Crippen LogP contribution is -3.11. The number of hydrogen-bond acceptors (Lipinski definition) is 6. The number of hydrogen-bond donors (Lipinski definition) is 2. The number of aromatic nitrogens is 1. The maximum Gasteiger partial charge on any atom is 0.233 e. The zero-order valence-corrected chi connectivity index (χ0v) is 22.1. The molecule has 4 unspecified atom stereocenters. The van der Waals surface area contributed by atoms with Gasteiger partial charge in [-0.15, -0.1) is 0 Å². The van der Waals surface area contributed by atoms with Crippen LogP contribution in [0.2, 0.25) is 0 Å². The number of imide groups is 1. The molecule has 4 fully saturated rings. The number of likely N-dealkylation sites (N-methyl/N-ethyl adjacent to an activating group) is 1. The number of fused-ring (bicyclic) bond motifs is 6. The van der Waals surface area contributed by atoms with Crippen LogP contribution in [-0.4, -0.2) is 59.0 Å². The van der Waals surface area contributed by atoms with Crippen molar-refractivity contribution in [2.45, 2.75) is 51.9 Å². The molecule has 1 aliphatic heterocycles. The van der Waals surface area contributed by atoms with Crippen molar-refractivity contribution in [2.24, 2.45) is 35.5 Å². The molecule has 1 aromatic carbocycles. The van der Waals surface area contributed by atoms with Crippen LogP contribution in [0.1, 0.15) is 51.9 Å². The van der Waals surface area contributed by atoms with Crippen LogP contribution in [0.15, 0.2) is 24.3 Å². The molecule has 2 N–H and O–H groups in total. The van der Waals surface area contributed by atoms with E-state index in [-0.39, 0.29) is 23.7 Å². The predicted molar refractivity (Wildman–Crippen MR) is 140 cm³/mol. The van der Waals surface area contributed by atoms with Crippen LogP contribution in [0, 0.1) is 35.5 Å². The van der Waals surface area contributed by atoms with E-state index in [1.54, 1.807) is 4.90 Å². The highest BCUT2D eigenvalue weighted by Gasteiger charge is 2.61. The second-order valence-electron chi connectivity index (χ2n) is 11.6. The van der Waals surface area contributed by atoms with Crippen molar-refractivity contribution in [1.82, 2.24) is 9.27 Å². The molecule has 194 valence electrons. The Kier molecular flexibility index (Phi) is 6.77. The lowest BCUT2D eigenvalue weighted by molar-refractivity contribution is -1.09. The molecule has 8 heteroatoms. The predicted octanol–water partition coefficient (Wildman–Crippen LogP) is 3.23. The summed E-state index contributed by atoms with van der Waals surface area (Å²) in [7, 11) is 0. The van der Waals surface area contributed by atoms with Gasteiger partial charge in [0.05, 0.1) is 23.1 Å². The average Bonchev–Trinajstić information content (AvgIpc) is 3.66. The first-order valence-electron chi connectivity index (χ1n) is 14.0. The maximum absolute atomic E-state index is 13.2. The Bertz CT molecular complexity index is 1090. The minimum absolute atomic E-state index is 0.0277. The second kappa shape index (κ2) is 10.0. The number of carbonyl (C=O) groups is 2. The summed E-state index contributed by atoms with van der Waals surface area (Å²) in [5, 5.41) is 12.7. The number of hydroxylamine groups is 2. The van der Waals surface area contributed by atoms with E-state index in [0.29, 0.717) is 48.4 Å². The van der Waals surface area contributed by atoms with Gasteiger partial charge in [0.2, 0.25) is 11.8 Å². The Morgan fingerprint density at radius 1 is 1.06 bits per heavy atom. The van der Waals surface area contributed by atoms with Gasteiger partial charge in [0.15, 0.2) is 0 Å². The molecule has 3 aliphatic carbocycles. The van der Waals surface area contributed by atoms with Gasteiger partial charge < -0.3 is 4.90 Å². The third-order valence-electron chi connectivity index (χ3n) is 9.71. The number of benzene rings is 1. The van der Waals surface area contributed by atoms with Crippen molar-refractivity contribution in [3.05, 3.63) is 24.3 Å². The van der Waals surface area contributed by atoms with E-state index in [0.717, 1.165) is 63.9 Å². The topological polar surface area (TPSA) is 78.2 Å². The summed E-state index contributed by atoms with van der Waals surface area (Å²) in [5.74, 6) is 2.70. The van der Waals surface area contributed by atoms with E-state index in [1.807, 2.05) is 6.07 Å². The Hall–Kier alpha value is -2.03. The monoisotopic (exact) mass is 511 g/mol. The van der Waals surface area contributed by atoms with Gasteiger partial charge in [0.1, 0.15) is 18.9 Å². The van der Waals surface area contributed by atoms with Crippen LogP contribution < -0.4 is 9.96 Å². The normalized spacial score (nSPS) is 32.4. The molecule has 4 aliphatic rings. The quantitative estimate of drug-likeness (QED) is 0.399. The lowest BCUT2D eigenvalue weighted by Gasteiger charge is -2.34. The van der Waals surface area contributed by atoms with Gasteiger partial charge in [-0.2, -0.15) is 9.44 Å². The molecule has 7 nitrogen and oxygen atoms in total. The van der Waals surface area contributed by atoms with Gasteiger partial charge in [-0.25, -0.2) is 5.21 Å². The standard InChI is InChI=1S/C28H38N4O3S/c1-2-30(26-22-9-5-6-10-23(22)36-29-26)13-14-31(35)16-20-7-3-4-8-21(20)17-32-27(33)24-18-11-12-19(15-18)25(24)28(32)34/h5-6,9-10,18-21,24-25,35H,2-4,7-8,11-17H2,1H3/p+1/t18-,19+,20-,21?,24?,25?/m0/s1. The average molecular weight is 512 g/mol. The molecule has 3 saturated carbocycles. The first-order valence-corrected chi connectivity index (χ1v) is 14.8. The molecule has 6 rings (SSSR count). The number of anilines is 1. The van der Waals surface area contributed by atoms with Crippen molar-refractivity contribution < 1.29 is 19.9 Å². The summed E-state index contributed by atoms with van der Waals surface area (Å²) in [6.07, 6.45) is 7.76. The van der Waals surface area contributed by atoms with Crippen LogP contribution in [0.4, 0.5) is 5.82 Å². The van der Waals surface area contributed by atoms with E-state index in [4.69, 9.17) is 4.37 Å². The second-order valence-corrected chi connectivity index (χ2v) is 12.4. The fourth-order valence-corrected chi connectivity index (χ4v) is 8.66. The number of nitrogens with one attached hydrogen (secondary N) is 1. The van der Waals surface area contributed by atoms with Crippen molar-refractivity contribution in [1.29, 1.82) is 0 Å². The first kappa shape index (κ1) is 24.3. The van der Waals surface area contributed by atoms with E-state index in [1.165, 1.54) is 21.6 Å². The van der Waals surface area contributed by atoms with E-state index < -0.39 is 0 Å². The zero-order chi connectivity index (χ0) is 24.8. The lowest BCUT2D eigenvalue weighted by atomic mass is 9.78. The number of amides is 2. The summed E-state index contributed by atoms with van der Waals surface area (Å²) >= 11 is 1.53. The molecular weight excluding hydrogens is 472 g/mol. The van der Waals surface area contributed by atoms with Gasteiger partial charge >= 0.3 is 0 Å². The van der Waals surface area contributed by atoms with E-state index in [2.05, 4.69) is 30.0 Å². The fourth-order valence-electron chi connectivity index (χ4n) is 7.86. The highest BCUT2D eigenvalue weighted by molar-refractivity contribution is 7.13. The van der Waals surface area contributed by atoms with Gasteiger partial charge in [-0.1, -0.05) is 25.0 Å². The molecular formula is C28H39N4O3S+. The number of quaternary nitrogens is 1. The number of carbonyl (C=O) groups excluding carboxylic acids is 2. The molecule has 1 aromatic heterocycles. The van der Waals surface area contributed by atoms with Crippen LogP contribution >= 0.6 is 11.5 Å². The number of rotatable bonds is 9. The van der Waals surface area contributed by atoms with Crippen LogP contribution in [-0.2, 0) is 9.59 Å². The SMILES string of the molecule is CCN(CC[NH+](O)C[C@@H]1CCCCC1CN1C(=O)C2C(C1=O)[C@H]1CC[C@@H]2C1)c1nsc2ccccc12. The Morgan fingerprint density at radius 3 is 2.47 bits per heavy atom. The van der Waals surface area contributed by atoms with Gasteiger partial charge in [-0.3, -0.25) is 14.5 Å². The minimum atomic E-state index is -0.0277. The molecule has 2 aromatic rings. The van der Waals surface area contributed by atoms with Crippen molar-refractivity contribution in [3.8, 4) is 0 Å². The zero-order valence-electron chi connectivity index (χ0n) is 21.3. The van der Waals surface area contributed by atoms with Crippen molar-refractivity contribution in [2.75, 3.05) is 37.6 Å². The summed E-state index contributed by atoms with van der Waals surface area (Å²) in [6, 6.07) is 8.31. The third kappa shape index (κ3) is 4.25. The molecule has 2 bridgehead atoms. The van der Waals surface area contributed by atoms with Gasteiger partial charge in [0, 0.05) is 24.4 Å². The molecule has 2 amide bonds. The third-order valence-corrected chi connectivity index (χ3v) is 10.5. The van der Waals surface area contributed by atoms with E-state index >= 15 is 0 Å². The fraction of sp³-hybridized carbons (Fsp3) is 0.679. The van der Waals surface area contributed by atoms with Gasteiger partial charge in [0.25, 0.3) is 0 Å². The summed E-state index contributed by atoms with van der Waals surface area (Å²) in [6.45, 7) is 5.58. The van der Waals surface area contributed by atoms with Gasteiger partial charge in [-0.05, 0) is 80.4 Å². The summed E-state index contributed by atoms with van der Waals surface area (Å²) in [4.78, 5) is 30.4. The Balaban J connectivity index is 1.07. The van der Waals surface area contributed by atoms with Crippen LogP contribution in [0.5, 0.6) is 0 Å². The van der Waals surface area contributed by atoms with Crippen LogP contribution in [0.25, 0.3) is 10.1 Å². The highest BCUT2D eigenvalue weighted by atomic mass is 32.1. The minimum Gasteiger partial charge on any atom is -0.350 e.